The zero-order valence-corrected chi connectivity index (χ0v) is 19.6. The molecule has 0 fully saturated rings. The van der Waals surface area contributed by atoms with E-state index in [4.69, 9.17) is 5.73 Å². The fourth-order valence-electron chi connectivity index (χ4n) is 4.85. The summed E-state index contributed by atoms with van der Waals surface area (Å²) >= 11 is 0. The van der Waals surface area contributed by atoms with Crippen LogP contribution in [0.3, 0.4) is 0 Å². The van der Waals surface area contributed by atoms with Gasteiger partial charge >= 0.3 is 0 Å². The first-order chi connectivity index (χ1) is 15.8. The highest BCUT2D eigenvalue weighted by Gasteiger charge is 2.25. The van der Waals surface area contributed by atoms with Gasteiger partial charge < -0.3 is 21.5 Å². The molecule has 2 atom stereocenters. The average Bonchev–Trinajstić information content (AvgIpc) is 2.76. The van der Waals surface area contributed by atoms with Crippen molar-refractivity contribution in [3.8, 4) is 5.75 Å². The van der Waals surface area contributed by atoms with E-state index in [9.17, 15) is 9.90 Å². The van der Waals surface area contributed by atoms with Gasteiger partial charge in [0.2, 0.25) is 5.91 Å². The van der Waals surface area contributed by atoms with Crippen LogP contribution in [-0.2, 0) is 17.6 Å². The SMILES string of the molecule is Cc1cc(C)c(CC(N)C(=O)NC2CCNc3ccc(Cc4cccc(O)c4)cc32)c(C)c1. The van der Waals surface area contributed by atoms with Crippen LogP contribution in [0.5, 0.6) is 5.75 Å². The van der Waals surface area contributed by atoms with E-state index in [1.165, 1.54) is 16.7 Å². The monoisotopic (exact) mass is 443 g/mol. The molecule has 3 aromatic carbocycles. The van der Waals surface area contributed by atoms with E-state index < -0.39 is 6.04 Å². The van der Waals surface area contributed by atoms with Gasteiger partial charge in [-0.2, -0.15) is 0 Å². The molecule has 4 rings (SSSR count). The van der Waals surface area contributed by atoms with Crippen LogP contribution < -0.4 is 16.4 Å². The standard InChI is InChI=1S/C28H33N3O2/c1-17-11-18(2)23(19(3)12-17)16-25(29)28(33)31-27-9-10-30-26-8-7-21(15-24(26)27)13-20-5-4-6-22(32)14-20/h4-8,11-12,14-15,25,27,30,32H,9-10,13,16,29H2,1-3H3,(H,31,33). The minimum Gasteiger partial charge on any atom is -0.508 e. The molecule has 2 unspecified atom stereocenters. The second kappa shape index (κ2) is 9.67. The summed E-state index contributed by atoms with van der Waals surface area (Å²) in [6.45, 7) is 7.04. The van der Waals surface area contributed by atoms with Gasteiger partial charge in [-0.15, -0.1) is 0 Å². The first kappa shape index (κ1) is 22.9. The van der Waals surface area contributed by atoms with E-state index >= 15 is 0 Å². The molecule has 0 aliphatic carbocycles. The Hall–Kier alpha value is -3.31. The third-order valence-electron chi connectivity index (χ3n) is 6.48. The molecule has 5 heteroatoms. The number of fused-ring (bicyclic) bond motifs is 1. The van der Waals surface area contributed by atoms with E-state index in [1.54, 1.807) is 12.1 Å². The number of aryl methyl sites for hydroxylation is 3. The van der Waals surface area contributed by atoms with Gasteiger partial charge in [-0.3, -0.25) is 4.79 Å². The number of amides is 1. The van der Waals surface area contributed by atoms with Crippen LogP contribution in [0.1, 0.15) is 51.4 Å². The van der Waals surface area contributed by atoms with Crippen molar-refractivity contribution in [2.75, 3.05) is 11.9 Å². The van der Waals surface area contributed by atoms with Crippen LogP contribution in [0.15, 0.2) is 54.6 Å². The molecule has 0 bridgehead atoms. The molecular formula is C28H33N3O2. The highest BCUT2D eigenvalue weighted by molar-refractivity contribution is 5.82. The van der Waals surface area contributed by atoms with Gasteiger partial charge in [-0.25, -0.2) is 0 Å². The van der Waals surface area contributed by atoms with Crippen molar-refractivity contribution in [3.63, 3.8) is 0 Å². The highest BCUT2D eigenvalue weighted by atomic mass is 16.3. The average molecular weight is 444 g/mol. The first-order valence-corrected chi connectivity index (χ1v) is 11.6. The van der Waals surface area contributed by atoms with E-state index in [0.29, 0.717) is 12.8 Å². The Morgan fingerprint density at radius 3 is 2.55 bits per heavy atom. The third kappa shape index (κ3) is 5.37. The van der Waals surface area contributed by atoms with Crippen LogP contribution in [0, 0.1) is 20.8 Å². The Morgan fingerprint density at radius 2 is 1.82 bits per heavy atom. The summed E-state index contributed by atoms with van der Waals surface area (Å²) in [7, 11) is 0. The van der Waals surface area contributed by atoms with Crippen LogP contribution in [0.2, 0.25) is 0 Å². The van der Waals surface area contributed by atoms with Crippen molar-refractivity contribution >= 4 is 11.6 Å². The van der Waals surface area contributed by atoms with Crippen molar-refractivity contribution in [1.29, 1.82) is 0 Å². The fourth-order valence-corrected chi connectivity index (χ4v) is 4.85. The van der Waals surface area contributed by atoms with Crippen molar-refractivity contribution in [1.82, 2.24) is 5.32 Å². The topological polar surface area (TPSA) is 87.4 Å². The third-order valence-corrected chi connectivity index (χ3v) is 6.48. The molecule has 0 radical (unpaired) electrons. The van der Waals surface area contributed by atoms with Crippen molar-refractivity contribution in [3.05, 3.63) is 93.5 Å². The normalized spacial score (nSPS) is 15.9. The summed E-state index contributed by atoms with van der Waals surface area (Å²) < 4.78 is 0. The maximum absolute atomic E-state index is 13.0. The Morgan fingerprint density at radius 1 is 1.09 bits per heavy atom. The molecular weight excluding hydrogens is 410 g/mol. The number of carbonyl (C=O) groups excluding carboxylic acids is 1. The van der Waals surface area contributed by atoms with Crippen LogP contribution in [-0.4, -0.2) is 23.6 Å². The highest BCUT2D eigenvalue weighted by Crippen LogP contribution is 2.31. The molecule has 1 amide bonds. The van der Waals surface area contributed by atoms with Crippen molar-refractivity contribution in [2.24, 2.45) is 5.73 Å². The number of phenols is 1. The Labute approximate surface area is 196 Å². The maximum atomic E-state index is 13.0. The lowest BCUT2D eigenvalue weighted by molar-refractivity contribution is -0.123. The van der Waals surface area contributed by atoms with E-state index in [1.807, 2.05) is 12.1 Å². The lowest BCUT2D eigenvalue weighted by Gasteiger charge is -2.29. The number of nitrogens with two attached hydrogens (primary N) is 1. The molecule has 33 heavy (non-hydrogen) atoms. The smallest absolute Gasteiger partial charge is 0.237 e. The second-order valence-corrected chi connectivity index (χ2v) is 9.23. The summed E-state index contributed by atoms with van der Waals surface area (Å²) in [5.74, 6) is 0.149. The fraction of sp³-hybridized carbons (Fsp3) is 0.321. The number of rotatable bonds is 6. The zero-order valence-electron chi connectivity index (χ0n) is 19.6. The number of nitrogens with one attached hydrogen (secondary N) is 2. The van der Waals surface area contributed by atoms with E-state index in [2.05, 4.69) is 61.7 Å². The van der Waals surface area contributed by atoms with Crippen LogP contribution in [0.4, 0.5) is 5.69 Å². The molecule has 5 nitrogen and oxygen atoms in total. The molecule has 5 N–H and O–H groups in total. The molecule has 172 valence electrons. The molecule has 0 saturated heterocycles. The number of aromatic hydroxyl groups is 1. The van der Waals surface area contributed by atoms with Gasteiger partial charge in [0.25, 0.3) is 0 Å². The minimum absolute atomic E-state index is 0.0795. The van der Waals surface area contributed by atoms with Gasteiger partial charge in [0.15, 0.2) is 0 Å². The number of carbonyl (C=O) groups is 1. The van der Waals surface area contributed by atoms with Gasteiger partial charge in [-0.05, 0) is 91.6 Å². The summed E-state index contributed by atoms with van der Waals surface area (Å²) in [6, 6.07) is 17.2. The molecule has 0 aromatic heterocycles. The van der Waals surface area contributed by atoms with Gasteiger partial charge in [0.05, 0.1) is 12.1 Å². The zero-order chi connectivity index (χ0) is 23.5. The molecule has 3 aromatic rings. The number of hydrogen-bond acceptors (Lipinski definition) is 4. The molecule has 1 aliphatic heterocycles. The Balaban J connectivity index is 1.48. The summed E-state index contributed by atoms with van der Waals surface area (Å²) in [5.41, 5.74) is 15.4. The van der Waals surface area contributed by atoms with Gasteiger partial charge in [0.1, 0.15) is 5.75 Å². The van der Waals surface area contributed by atoms with Crippen molar-refractivity contribution < 1.29 is 9.90 Å². The predicted molar refractivity (Wildman–Crippen MR) is 134 cm³/mol. The number of anilines is 1. The largest absolute Gasteiger partial charge is 0.508 e. The van der Waals surface area contributed by atoms with Gasteiger partial charge in [-0.1, -0.05) is 42.0 Å². The van der Waals surface area contributed by atoms with Gasteiger partial charge in [0, 0.05) is 12.2 Å². The van der Waals surface area contributed by atoms with Crippen LogP contribution in [0.25, 0.3) is 0 Å². The first-order valence-electron chi connectivity index (χ1n) is 11.6. The summed E-state index contributed by atoms with van der Waals surface area (Å²) in [5, 5.41) is 16.4. The molecule has 0 spiro atoms. The maximum Gasteiger partial charge on any atom is 0.237 e. The predicted octanol–water partition coefficient (Wildman–Crippen LogP) is 4.45. The minimum atomic E-state index is -0.598. The Kier molecular flexibility index (Phi) is 6.70. The second-order valence-electron chi connectivity index (χ2n) is 9.23. The summed E-state index contributed by atoms with van der Waals surface area (Å²) in [4.78, 5) is 13.0. The number of hydrogen-bond donors (Lipinski definition) is 4. The summed E-state index contributed by atoms with van der Waals surface area (Å²) in [6.07, 6.45) is 2.05. The van der Waals surface area contributed by atoms with E-state index in [0.717, 1.165) is 40.9 Å². The molecule has 1 aliphatic rings. The number of benzene rings is 3. The lowest BCUT2D eigenvalue weighted by Crippen LogP contribution is -2.44. The molecule has 1 heterocycles. The number of phenolic OH excluding ortho intramolecular Hbond substituents is 1. The molecule has 0 saturated carbocycles. The van der Waals surface area contributed by atoms with E-state index in [-0.39, 0.29) is 17.7 Å². The Bertz CT molecular complexity index is 1150. The quantitative estimate of drug-likeness (QED) is 0.453. The lowest BCUT2D eigenvalue weighted by atomic mass is 9.92. The van der Waals surface area contributed by atoms with Crippen LogP contribution >= 0.6 is 0 Å². The van der Waals surface area contributed by atoms with Crippen molar-refractivity contribution in [2.45, 2.75) is 52.1 Å².